The third-order valence-electron chi connectivity index (χ3n) is 3.59. The summed E-state index contributed by atoms with van der Waals surface area (Å²) in [7, 11) is 0. The fraction of sp³-hybridized carbons (Fsp3) is 0.400. The molecule has 1 atom stereocenters. The van der Waals surface area contributed by atoms with Gasteiger partial charge in [0.1, 0.15) is 0 Å². The van der Waals surface area contributed by atoms with Crippen LogP contribution in [-0.2, 0) is 11.2 Å². The van der Waals surface area contributed by atoms with Gasteiger partial charge in [-0.3, -0.25) is 4.79 Å². The van der Waals surface area contributed by atoms with Crippen LogP contribution in [0.1, 0.15) is 30.0 Å². The maximum absolute atomic E-state index is 12.2. The summed E-state index contributed by atoms with van der Waals surface area (Å²) in [5.41, 5.74) is 2.63. The second kappa shape index (κ2) is 7.48. The number of aryl methyl sites for hydroxylation is 1. The highest BCUT2D eigenvalue weighted by Crippen LogP contribution is 2.30. The average molecular weight is 352 g/mol. The van der Waals surface area contributed by atoms with E-state index in [1.165, 1.54) is 34.2 Å². The Morgan fingerprint density at radius 2 is 2.18 bits per heavy atom. The van der Waals surface area contributed by atoms with E-state index in [1.807, 2.05) is 12.3 Å². The molecule has 1 amide bonds. The zero-order chi connectivity index (χ0) is 15.4. The molecule has 4 nitrogen and oxygen atoms in total. The molecule has 22 heavy (non-hydrogen) atoms. The highest BCUT2D eigenvalue weighted by atomic mass is 32.2. The van der Waals surface area contributed by atoms with Crippen molar-refractivity contribution in [3.63, 3.8) is 0 Å². The Bertz CT molecular complexity index is 659. The molecule has 0 radical (unpaired) electrons. The highest BCUT2D eigenvalue weighted by Gasteiger charge is 2.21. The SMILES string of the molecule is CSc1nnc(SCC(=O)N[C@H]2CCCc3ccccc32)s1. The largest absolute Gasteiger partial charge is 0.349 e. The van der Waals surface area contributed by atoms with Gasteiger partial charge in [0, 0.05) is 0 Å². The van der Waals surface area contributed by atoms with Crippen molar-refractivity contribution in [1.29, 1.82) is 0 Å². The van der Waals surface area contributed by atoms with Crippen LogP contribution in [0.3, 0.4) is 0 Å². The van der Waals surface area contributed by atoms with Gasteiger partial charge in [0.2, 0.25) is 5.91 Å². The van der Waals surface area contributed by atoms with E-state index in [-0.39, 0.29) is 11.9 Å². The van der Waals surface area contributed by atoms with Crippen molar-refractivity contribution in [2.24, 2.45) is 0 Å². The van der Waals surface area contributed by atoms with Crippen molar-refractivity contribution in [3.05, 3.63) is 35.4 Å². The second-order valence-corrected chi connectivity index (χ2v) is 8.29. The molecule has 1 heterocycles. The normalized spacial score (nSPS) is 17.0. The zero-order valence-electron chi connectivity index (χ0n) is 12.2. The Kier molecular flexibility index (Phi) is 5.38. The molecule has 1 aromatic carbocycles. The first-order chi connectivity index (χ1) is 10.8. The van der Waals surface area contributed by atoms with Crippen LogP contribution in [0, 0.1) is 0 Å². The Balaban J connectivity index is 1.56. The van der Waals surface area contributed by atoms with Gasteiger partial charge in [0.05, 0.1) is 11.8 Å². The Morgan fingerprint density at radius 3 is 3.00 bits per heavy atom. The lowest BCUT2D eigenvalue weighted by Gasteiger charge is -2.26. The molecule has 1 N–H and O–H groups in total. The third-order valence-corrected chi connectivity index (χ3v) is 6.63. The summed E-state index contributed by atoms with van der Waals surface area (Å²) in [5, 5.41) is 11.3. The molecular weight excluding hydrogens is 334 g/mol. The fourth-order valence-electron chi connectivity index (χ4n) is 2.61. The topological polar surface area (TPSA) is 54.9 Å². The molecule has 3 rings (SSSR count). The first-order valence-corrected chi connectivity index (χ1v) is 10.2. The molecular formula is C15H17N3OS3. The molecule has 116 valence electrons. The van der Waals surface area contributed by atoms with Gasteiger partial charge in [-0.2, -0.15) is 0 Å². The molecule has 0 unspecified atom stereocenters. The van der Waals surface area contributed by atoms with Crippen molar-refractivity contribution < 1.29 is 4.79 Å². The molecule has 0 fully saturated rings. The zero-order valence-corrected chi connectivity index (χ0v) is 14.7. The van der Waals surface area contributed by atoms with Crippen molar-refractivity contribution in [1.82, 2.24) is 15.5 Å². The number of benzene rings is 1. The number of thioether (sulfide) groups is 2. The quantitative estimate of drug-likeness (QED) is 0.835. The maximum atomic E-state index is 12.2. The number of fused-ring (bicyclic) bond motifs is 1. The summed E-state index contributed by atoms with van der Waals surface area (Å²) >= 11 is 4.56. The number of nitrogens with one attached hydrogen (secondary N) is 1. The molecule has 2 aromatic rings. The lowest BCUT2D eigenvalue weighted by atomic mass is 9.88. The van der Waals surface area contributed by atoms with Gasteiger partial charge in [0.15, 0.2) is 8.68 Å². The number of rotatable bonds is 5. The number of hydrogen-bond acceptors (Lipinski definition) is 6. The number of carbonyl (C=O) groups is 1. The molecule has 1 aliphatic rings. The second-order valence-electron chi connectivity index (χ2n) is 5.04. The van der Waals surface area contributed by atoms with Gasteiger partial charge in [-0.25, -0.2) is 0 Å². The average Bonchev–Trinajstić information content (AvgIpc) is 3.01. The van der Waals surface area contributed by atoms with Crippen LogP contribution >= 0.6 is 34.9 Å². The molecule has 0 saturated heterocycles. The van der Waals surface area contributed by atoms with Gasteiger partial charge in [-0.15, -0.1) is 10.2 Å². The van der Waals surface area contributed by atoms with E-state index in [4.69, 9.17) is 0 Å². The molecule has 1 aromatic heterocycles. The van der Waals surface area contributed by atoms with Crippen LogP contribution in [-0.4, -0.2) is 28.1 Å². The van der Waals surface area contributed by atoms with Crippen molar-refractivity contribution in [2.45, 2.75) is 34.0 Å². The number of nitrogens with zero attached hydrogens (tertiary/aromatic N) is 2. The van der Waals surface area contributed by atoms with E-state index in [9.17, 15) is 4.79 Å². The minimum atomic E-state index is 0.0626. The summed E-state index contributed by atoms with van der Waals surface area (Å²) in [6.45, 7) is 0. The van der Waals surface area contributed by atoms with E-state index in [2.05, 4.69) is 33.7 Å². The van der Waals surface area contributed by atoms with Gasteiger partial charge >= 0.3 is 0 Å². The molecule has 0 saturated carbocycles. The van der Waals surface area contributed by atoms with Crippen LogP contribution in [0.4, 0.5) is 0 Å². The first kappa shape index (κ1) is 15.8. The van der Waals surface area contributed by atoms with Crippen LogP contribution in [0.2, 0.25) is 0 Å². The lowest BCUT2D eigenvalue weighted by Crippen LogP contribution is -2.32. The van der Waals surface area contributed by atoms with E-state index in [1.54, 1.807) is 11.8 Å². The molecule has 0 spiro atoms. The van der Waals surface area contributed by atoms with Crippen molar-refractivity contribution in [2.75, 3.05) is 12.0 Å². The molecule has 0 bridgehead atoms. The predicted octanol–water partition coefficient (Wildman–Crippen LogP) is 3.55. The summed E-state index contributed by atoms with van der Waals surface area (Å²) in [6.07, 6.45) is 5.23. The molecule has 0 aliphatic heterocycles. The Morgan fingerprint density at radius 1 is 1.36 bits per heavy atom. The lowest BCUT2D eigenvalue weighted by molar-refractivity contribution is -0.119. The molecule has 1 aliphatic carbocycles. The van der Waals surface area contributed by atoms with Gasteiger partial charge in [-0.05, 0) is 36.6 Å². The van der Waals surface area contributed by atoms with Crippen LogP contribution < -0.4 is 5.32 Å². The Labute approximate surface area is 142 Å². The van der Waals surface area contributed by atoms with Crippen LogP contribution in [0.15, 0.2) is 32.9 Å². The van der Waals surface area contributed by atoms with Crippen LogP contribution in [0.25, 0.3) is 0 Å². The summed E-state index contributed by atoms with van der Waals surface area (Å²) < 4.78 is 1.78. The number of carbonyl (C=O) groups excluding carboxylic acids is 1. The highest BCUT2D eigenvalue weighted by molar-refractivity contribution is 8.03. The fourth-order valence-corrected chi connectivity index (χ4v) is 4.85. The predicted molar refractivity (Wildman–Crippen MR) is 92.7 cm³/mol. The minimum Gasteiger partial charge on any atom is -0.349 e. The van der Waals surface area contributed by atoms with Gasteiger partial charge in [-0.1, -0.05) is 59.1 Å². The van der Waals surface area contributed by atoms with Gasteiger partial charge < -0.3 is 5.32 Å². The van der Waals surface area contributed by atoms with Crippen molar-refractivity contribution in [3.8, 4) is 0 Å². The van der Waals surface area contributed by atoms with Crippen molar-refractivity contribution >= 4 is 40.8 Å². The van der Waals surface area contributed by atoms with E-state index < -0.39 is 0 Å². The maximum Gasteiger partial charge on any atom is 0.230 e. The number of hydrogen-bond donors (Lipinski definition) is 1. The smallest absolute Gasteiger partial charge is 0.230 e. The van der Waals surface area contributed by atoms with Gasteiger partial charge in [0.25, 0.3) is 0 Å². The van der Waals surface area contributed by atoms with Crippen LogP contribution in [0.5, 0.6) is 0 Å². The minimum absolute atomic E-state index is 0.0626. The summed E-state index contributed by atoms with van der Waals surface area (Å²) in [6, 6.07) is 8.55. The Hall–Kier alpha value is -1.05. The van der Waals surface area contributed by atoms with E-state index >= 15 is 0 Å². The van der Waals surface area contributed by atoms with E-state index in [0.29, 0.717) is 5.75 Å². The summed E-state index contributed by atoms with van der Waals surface area (Å²) in [4.78, 5) is 12.2. The molecule has 7 heteroatoms. The monoisotopic (exact) mass is 351 g/mol. The van der Waals surface area contributed by atoms with E-state index in [0.717, 1.165) is 27.9 Å². The third kappa shape index (κ3) is 3.83. The standard InChI is InChI=1S/C15H17N3OS3/c1-20-14-17-18-15(22-14)21-9-13(19)16-12-8-4-6-10-5-2-3-7-11(10)12/h2-3,5,7,12H,4,6,8-9H2,1H3,(H,16,19)/t12-/m0/s1. The summed E-state index contributed by atoms with van der Waals surface area (Å²) in [5.74, 6) is 0.453. The first-order valence-electron chi connectivity index (χ1n) is 7.13. The number of amides is 1. The number of aromatic nitrogens is 2.